The predicted octanol–water partition coefficient (Wildman–Crippen LogP) is 1.14. The predicted molar refractivity (Wildman–Crippen MR) is 125 cm³/mol. The zero-order chi connectivity index (χ0) is 23.7. The number of hydrogen-bond acceptors (Lipinski definition) is 7. The molecule has 10 nitrogen and oxygen atoms in total. The van der Waals surface area contributed by atoms with Crippen LogP contribution < -0.4 is 16.4 Å². The molecule has 10 heteroatoms. The van der Waals surface area contributed by atoms with Crippen LogP contribution in [0.25, 0.3) is 16.7 Å². The number of amides is 1. The Morgan fingerprint density at radius 3 is 2.79 bits per heavy atom. The number of rotatable bonds is 6. The molecular weight excluding hydrogens is 436 g/mol. The van der Waals surface area contributed by atoms with Crippen LogP contribution in [0.3, 0.4) is 0 Å². The van der Waals surface area contributed by atoms with Gasteiger partial charge in [0.15, 0.2) is 0 Å². The Bertz CT molecular complexity index is 1470. The van der Waals surface area contributed by atoms with E-state index in [4.69, 9.17) is 19.5 Å². The van der Waals surface area contributed by atoms with Crippen molar-refractivity contribution in [3.05, 3.63) is 75.5 Å². The van der Waals surface area contributed by atoms with Crippen molar-refractivity contribution in [2.75, 3.05) is 39.4 Å². The minimum atomic E-state index is -0.401. The van der Waals surface area contributed by atoms with Gasteiger partial charge < -0.3 is 19.0 Å². The summed E-state index contributed by atoms with van der Waals surface area (Å²) in [5.74, 6) is 0.193. The molecule has 176 valence electrons. The van der Waals surface area contributed by atoms with Crippen LogP contribution in [0.5, 0.6) is 0 Å². The molecule has 2 N–H and O–H groups in total. The molecule has 0 radical (unpaired) electrons. The lowest BCUT2D eigenvalue weighted by molar-refractivity contribution is 0.0383. The Labute approximate surface area is 194 Å². The van der Waals surface area contributed by atoms with E-state index in [0.717, 1.165) is 18.7 Å². The van der Waals surface area contributed by atoms with Crippen LogP contribution in [0.4, 0.5) is 0 Å². The molecule has 0 bridgehead atoms. The molecule has 0 aliphatic carbocycles. The highest BCUT2D eigenvalue weighted by Crippen LogP contribution is 2.14. The number of pyridine rings is 2. The first kappa shape index (κ1) is 22.1. The highest BCUT2D eigenvalue weighted by atomic mass is 16.5. The van der Waals surface area contributed by atoms with Gasteiger partial charge in [-0.15, -0.1) is 0 Å². The zero-order valence-electron chi connectivity index (χ0n) is 18.9. The number of nitrogens with one attached hydrogen (secondary N) is 2. The first-order valence-corrected chi connectivity index (χ1v) is 11.2. The molecular formula is C24H26N6O4. The number of aryl methyl sites for hydroxylation is 1. The molecule has 1 saturated heterocycles. The van der Waals surface area contributed by atoms with Crippen LogP contribution >= 0.6 is 0 Å². The molecule has 0 atom stereocenters. The largest absolute Gasteiger partial charge is 0.467 e. The summed E-state index contributed by atoms with van der Waals surface area (Å²) in [5, 5.41) is 12.0. The highest BCUT2D eigenvalue weighted by molar-refractivity contribution is 5.96. The van der Waals surface area contributed by atoms with Crippen molar-refractivity contribution in [3.63, 3.8) is 0 Å². The van der Waals surface area contributed by atoms with E-state index in [0.29, 0.717) is 43.4 Å². The molecule has 4 aromatic heterocycles. The molecule has 1 aliphatic heterocycles. The van der Waals surface area contributed by atoms with Crippen molar-refractivity contribution in [2.45, 2.75) is 13.5 Å². The maximum absolute atomic E-state index is 13.4. The Kier molecular flexibility index (Phi) is 5.99. The molecule has 5 rings (SSSR count). The van der Waals surface area contributed by atoms with E-state index in [1.54, 1.807) is 35.2 Å². The number of furan rings is 1. The lowest BCUT2D eigenvalue weighted by Gasteiger charge is -2.26. The maximum atomic E-state index is 13.4. The van der Waals surface area contributed by atoms with Gasteiger partial charge in [0.25, 0.3) is 11.5 Å². The summed E-state index contributed by atoms with van der Waals surface area (Å²) < 4.78 is 13.9. The second kappa shape index (κ2) is 9.24. The Morgan fingerprint density at radius 2 is 2.03 bits per heavy atom. The SMILES string of the molecule is Cc1cccn2c(=O)c3cc(C(=O)NCCN4CCOCC4)c(=N)n(Cc4ccco4)c3nc12. The van der Waals surface area contributed by atoms with Crippen molar-refractivity contribution >= 4 is 22.6 Å². The van der Waals surface area contributed by atoms with Crippen LogP contribution in [0.2, 0.25) is 0 Å². The number of fused-ring (bicyclic) bond motifs is 2. The van der Waals surface area contributed by atoms with Crippen molar-refractivity contribution in [2.24, 2.45) is 0 Å². The Hall–Kier alpha value is -3.76. The first-order valence-electron chi connectivity index (χ1n) is 11.2. The van der Waals surface area contributed by atoms with Gasteiger partial charge in [-0.2, -0.15) is 0 Å². The van der Waals surface area contributed by atoms with E-state index in [2.05, 4.69) is 10.2 Å². The number of hydrogen-bond donors (Lipinski definition) is 2. The summed E-state index contributed by atoms with van der Waals surface area (Å²) in [6.45, 7) is 6.20. The van der Waals surface area contributed by atoms with Crippen molar-refractivity contribution in [1.29, 1.82) is 5.41 Å². The Morgan fingerprint density at radius 1 is 1.21 bits per heavy atom. The van der Waals surface area contributed by atoms with E-state index in [9.17, 15) is 9.59 Å². The standard InChI is InChI=1S/C24H26N6O4/c1-16-4-2-7-29-21(16)27-22-19(24(29)32)14-18(20(25)30(22)15-17-5-3-11-34-17)23(31)26-6-8-28-9-12-33-13-10-28/h2-5,7,11,14,25H,6,8-10,12-13,15H2,1H3,(H,26,31). The second-order valence-electron chi connectivity index (χ2n) is 8.32. The normalized spacial score (nSPS) is 14.6. The van der Waals surface area contributed by atoms with E-state index in [1.807, 2.05) is 13.0 Å². The van der Waals surface area contributed by atoms with Crippen molar-refractivity contribution in [1.82, 2.24) is 24.2 Å². The maximum Gasteiger partial charge on any atom is 0.267 e. The summed E-state index contributed by atoms with van der Waals surface area (Å²) in [7, 11) is 0. The molecule has 0 spiro atoms. The van der Waals surface area contributed by atoms with E-state index in [-0.39, 0.29) is 28.5 Å². The van der Waals surface area contributed by atoms with Crippen LogP contribution in [-0.2, 0) is 11.3 Å². The summed E-state index contributed by atoms with van der Waals surface area (Å²) in [6, 6.07) is 8.68. The van der Waals surface area contributed by atoms with Gasteiger partial charge in [-0.3, -0.25) is 24.3 Å². The molecule has 4 aromatic rings. The van der Waals surface area contributed by atoms with E-state index < -0.39 is 5.91 Å². The van der Waals surface area contributed by atoms with E-state index >= 15 is 0 Å². The molecule has 0 saturated carbocycles. The van der Waals surface area contributed by atoms with Crippen LogP contribution in [0.1, 0.15) is 21.7 Å². The van der Waals surface area contributed by atoms with Crippen molar-refractivity contribution < 1.29 is 13.9 Å². The number of ether oxygens (including phenoxy) is 1. The topological polar surface area (TPSA) is 118 Å². The van der Waals surface area contributed by atoms with Gasteiger partial charge in [-0.1, -0.05) is 6.07 Å². The van der Waals surface area contributed by atoms with Gasteiger partial charge in [0.1, 0.15) is 22.5 Å². The summed E-state index contributed by atoms with van der Waals surface area (Å²) in [4.78, 5) is 33.4. The minimum Gasteiger partial charge on any atom is -0.467 e. The average Bonchev–Trinajstić information content (AvgIpc) is 3.36. The summed E-state index contributed by atoms with van der Waals surface area (Å²) >= 11 is 0. The van der Waals surface area contributed by atoms with Gasteiger partial charge >= 0.3 is 0 Å². The van der Waals surface area contributed by atoms with Crippen molar-refractivity contribution in [3.8, 4) is 0 Å². The van der Waals surface area contributed by atoms with Gasteiger partial charge in [-0.05, 0) is 36.8 Å². The van der Waals surface area contributed by atoms with Gasteiger partial charge in [0.2, 0.25) is 0 Å². The van der Waals surface area contributed by atoms with Crippen LogP contribution in [0.15, 0.2) is 52.0 Å². The highest BCUT2D eigenvalue weighted by Gasteiger charge is 2.19. The average molecular weight is 463 g/mol. The molecule has 1 fully saturated rings. The third kappa shape index (κ3) is 4.13. The lowest BCUT2D eigenvalue weighted by atomic mass is 10.2. The third-order valence-corrected chi connectivity index (χ3v) is 6.09. The number of morpholine rings is 1. The fourth-order valence-corrected chi connectivity index (χ4v) is 4.23. The van der Waals surface area contributed by atoms with Gasteiger partial charge in [0, 0.05) is 32.4 Å². The molecule has 0 unspecified atom stereocenters. The number of aromatic nitrogens is 3. The second-order valence-corrected chi connectivity index (χ2v) is 8.32. The quantitative estimate of drug-likeness (QED) is 0.415. The Balaban J connectivity index is 1.57. The van der Waals surface area contributed by atoms with Gasteiger partial charge in [0.05, 0.1) is 37.0 Å². The molecule has 5 heterocycles. The number of carbonyl (C=O) groups is 1. The number of nitrogens with zero attached hydrogens (tertiary/aromatic N) is 4. The molecule has 0 aromatic carbocycles. The monoisotopic (exact) mass is 462 g/mol. The van der Waals surface area contributed by atoms with E-state index in [1.165, 1.54) is 10.5 Å². The molecule has 1 amide bonds. The lowest BCUT2D eigenvalue weighted by Crippen LogP contribution is -2.42. The summed E-state index contributed by atoms with van der Waals surface area (Å²) in [6.07, 6.45) is 3.20. The molecule has 34 heavy (non-hydrogen) atoms. The fourth-order valence-electron chi connectivity index (χ4n) is 4.23. The number of carbonyl (C=O) groups excluding carboxylic acids is 1. The fraction of sp³-hybridized carbons (Fsp3) is 0.333. The van der Waals surface area contributed by atoms with Crippen LogP contribution in [0, 0.1) is 12.3 Å². The summed E-state index contributed by atoms with van der Waals surface area (Å²) in [5.41, 5.74) is 1.48. The first-order chi connectivity index (χ1) is 16.5. The molecule has 1 aliphatic rings. The van der Waals surface area contributed by atoms with Gasteiger partial charge in [-0.25, -0.2) is 4.98 Å². The third-order valence-electron chi connectivity index (χ3n) is 6.09. The smallest absolute Gasteiger partial charge is 0.267 e. The van der Waals surface area contributed by atoms with Crippen LogP contribution in [-0.4, -0.2) is 64.2 Å². The zero-order valence-corrected chi connectivity index (χ0v) is 18.9. The minimum absolute atomic E-state index is 0.0300.